The van der Waals surface area contributed by atoms with Gasteiger partial charge in [0.1, 0.15) is 0 Å². The monoisotopic (exact) mass is 437 g/mol. The van der Waals surface area contributed by atoms with E-state index in [1.54, 1.807) is 6.07 Å². The average molecular weight is 438 g/mol. The quantitative estimate of drug-likeness (QED) is 0.425. The van der Waals surface area contributed by atoms with Crippen LogP contribution in [0.2, 0.25) is 10.0 Å². The van der Waals surface area contributed by atoms with Gasteiger partial charge >= 0.3 is 6.18 Å². The minimum atomic E-state index is -4.35. The molecule has 0 radical (unpaired) electrons. The van der Waals surface area contributed by atoms with E-state index in [1.165, 1.54) is 12.1 Å². The molecule has 3 aromatic rings. The molecule has 0 heterocycles. The van der Waals surface area contributed by atoms with Gasteiger partial charge in [-0.15, -0.1) is 0 Å². The van der Waals surface area contributed by atoms with Crippen molar-refractivity contribution in [2.24, 2.45) is 0 Å². The molecular weight excluding hydrogens is 418 g/mol. The predicted octanol–water partition coefficient (Wildman–Crippen LogP) is 7.32. The van der Waals surface area contributed by atoms with Crippen LogP contribution in [0.15, 0.2) is 72.8 Å². The molecule has 1 N–H and O–H groups in total. The smallest absolute Gasteiger partial charge is 0.303 e. The van der Waals surface area contributed by atoms with E-state index in [2.05, 4.69) is 5.32 Å². The molecule has 0 aromatic heterocycles. The van der Waals surface area contributed by atoms with Gasteiger partial charge in [-0.1, -0.05) is 65.7 Å². The third-order valence-corrected chi connectivity index (χ3v) is 5.16. The fraction of sp³-hybridized carbons (Fsp3) is 0.217. The summed E-state index contributed by atoms with van der Waals surface area (Å²) in [5.41, 5.74) is 2.01. The van der Waals surface area contributed by atoms with Crippen molar-refractivity contribution in [3.05, 3.63) is 105 Å². The third kappa shape index (κ3) is 5.99. The first-order valence-corrected chi connectivity index (χ1v) is 9.91. The van der Waals surface area contributed by atoms with Gasteiger partial charge in [0.25, 0.3) is 0 Å². The van der Waals surface area contributed by atoms with E-state index in [0.717, 1.165) is 17.2 Å². The summed E-state index contributed by atoms with van der Waals surface area (Å²) in [5, 5.41) is 4.81. The second-order valence-corrected chi connectivity index (χ2v) is 7.88. The SMILES string of the molecule is C[C@H](Cc1cccc(C(F)(F)F)c1)NC(c1ccc(Cl)cc1)c1ccc(Cl)cc1. The standard InChI is InChI=1S/C23H20Cl2F3N/c1-15(13-16-3-2-4-19(14-16)23(26,27)28)29-22(17-5-9-20(24)10-6-17)18-7-11-21(25)12-8-18/h2-12,14-15,22,29H,13H2,1H3/t15-/m1/s1. The molecule has 0 saturated heterocycles. The van der Waals surface area contributed by atoms with Crippen molar-refractivity contribution in [3.8, 4) is 0 Å². The zero-order valence-electron chi connectivity index (χ0n) is 15.7. The molecule has 0 amide bonds. The van der Waals surface area contributed by atoms with Crippen molar-refractivity contribution in [2.45, 2.75) is 31.6 Å². The predicted molar refractivity (Wildman–Crippen MR) is 112 cm³/mol. The van der Waals surface area contributed by atoms with E-state index in [9.17, 15) is 13.2 Å². The number of halogens is 5. The molecule has 29 heavy (non-hydrogen) atoms. The molecular formula is C23H20Cl2F3N. The number of nitrogens with one attached hydrogen (secondary N) is 1. The Hall–Kier alpha value is -2.01. The molecule has 0 saturated carbocycles. The lowest BCUT2D eigenvalue weighted by Crippen LogP contribution is -2.33. The van der Waals surface area contributed by atoms with E-state index in [1.807, 2.05) is 55.5 Å². The Labute approximate surface area is 178 Å². The van der Waals surface area contributed by atoms with Gasteiger partial charge < -0.3 is 5.32 Å². The highest BCUT2D eigenvalue weighted by molar-refractivity contribution is 6.30. The summed E-state index contributed by atoms with van der Waals surface area (Å²) in [6.07, 6.45) is -3.89. The van der Waals surface area contributed by atoms with Crippen LogP contribution in [-0.4, -0.2) is 6.04 Å². The van der Waals surface area contributed by atoms with Crippen molar-refractivity contribution < 1.29 is 13.2 Å². The minimum Gasteiger partial charge on any atom is -0.303 e. The number of rotatable bonds is 6. The lowest BCUT2D eigenvalue weighted by Gasteiger charge is -2.25. The zero-order chi connectivity index (χ0) is 21.0. The second kappa shape index (κ2) is 9.21. The molecule has 0 unspecified atom stereocenters. The fourth-order valence-corrected chi connectivity index (χ4v) is 3.52. The van der Waals surface area contributed by atoms with Crippen LogP contribution in [0.3, 0.4) is 0 Å². The highest BCUT2D eigenvalue weighted by atomic mass is 35.5. The van der Waals surface area contributed by atoms with Crippen LogP contribution < -0.4 is 5.32 Å². The molecule has 3 rings (SSSR count). The molecule has 0 fully saturated rings. The van der Waals surface area contributed by atoms with Crippen LogP contribution in [0.4, 0.5) is 13.2 Å². The van der Waals surface area contributed by atoms with Gasteiger partial charge in [0, 0.05) is 16.1 Å². The van der Waals surface area contributed by atoms with E-state index in [4.69, 9.17) is 23.2 Å². The lowest BCUT2D eigenvalue weighted by molar-refractivity contribution is -0.137. The van der Waals surface area contributed by atoms with Crippen molar-refractivity contribution in [1.29, 1.82) is 0 Å². The Bertz CT molecular complexity index is 892. The summed E-state index contributed by atoms with van der Waals surface area (Å²) in [6, 6.07) is 20.3. The van der Waals surface area contributed by atoms with Crippen molar-refractivity contribution >= 4 is 23.2 Å². The summed E-state index contributed by atoms with van der Waals surface area (Å²) in [7, 11) is 0. The summed E-state index contributed by atoms with van der Waals surface area (Å²) < 4.78 is 39.0. The molecule has 0 aliphatic heterocycles. The molecule has 0 spiro atoms. The van der Waals surface area contributed by atoms with Gasteiger partial charge in [0.15, 0.2) is 0 Å². The molecule has 0 bridgehead atoms. The van der Waals surface area contributed by atoms with Gasteiger partial charge in [-0.25, -0.2) is 0 Å². The number of alkyl halides is 3. The summed E-state index contributed by atoms with van der Waals surface area (Å²) in [4.78, 5) is 0. The maximum absolute atomic E-state index is 13.0. The van der Waals surface area contributed by atoms with Crippen molar-refractivity contribution in [1.82, 2.24) is 5.32 Å². The first-order chi connectivity index (χ1) is 13.7. The highest BCUT2D eigenvalue weighted by Crippen LogP contribution is 2.30. The van der Waals surface area contributed by atoms with Crippen molar-refractivity contribution in [3.63, 3.8) is 0 Å². The van der Waals surface area contributed by atoms with E-state index in [-0.39, 0.29) is 12.1 Å². The Kier molecular flexibility index (Phi) is 6.89. The number of hydrogen-bond acceptors (Lipinski definition) is 1. The zero-order valence-corrected chi connectivity index (χ0v) is 17.2. The Morgan fingerprint density at radius 2 is 1.34 bits per heavy atom. The van der Waals surface area contributed by atoms with E-state index < -0.39 is 11.7 Å². The Balaban J connectivity index is 1.82. The molecule has 6 heteroatoms. The minimum absolute atomic E-state index is 0.0742. The molecule has 3 aromatic carbocycles. The fourth-order valence-electron chi connectivity index (χ4n) is 3.27. The van der Waals surface area contributed by atoms with Gasteiger partial charge in [-0.2, -0.15) is 13.2 Å². The van der Waals surface area contributed by atoms with Crippen LogP contribution >= 0.6 is 23.2 Å². The molecule has 1 atom stereocenters. The summed E-state index contributed by atoms with van der Waals surface area (Å²) >= 11 is 12.0. The van der Waals surface area contributed by atoms with E-state index >= 15 is 0 Å². The van der Waals surface area contributed by atoms with Gasteiger partial charge in [-0.05, 0) is 60.4 Å². The number of hydrogen-bond donors (Lipinski definition) is 1. The first kappa shape index (κ1) is 21.7. The van der Waals surface area contributed by atoms with Crippen LogP contribution in [0.5, 0.6) is 0 Å². The van der Waals surface area contributed by atoms with Crippen LogP contribution in [-0.2, 0) is 12.6 Å². The largest absolute Gasteiger partial charge is 0.416 e. The van der Waals surface area contributed by atoms with Crippen LogP contribution in [0.1, 0.15) is 35.2 Å². The molecule has 1 nitrogen and oxygen atoms in total. The Morgan fingerprint density at radius 3 is 1.83 bits per heavy atom. The van der Waals surface area contributed by atoms with E-state index in [0.29, 0.717) is 22.0 Å². The maximum Gasteiger partial charge on any atom is 0.416 e. The summed E-state index contributed by atoms with van der Waals surface area (Å²) in [6.45, 7) is 1.96. The number of benzene rings is 3. The summed E-state index contributed by atoms with van der Waals surface area (Å²) in [5.74, 6) is 0. The topological polar surface area (TPSA) is 12.0 Å². The Morgan fingerprint density at radius 1 is 0.828 bits per heavy atom. The van der Waals surface area contributed by atoms with Crippen molar-refractivity contribution in [2.75, 3.05) is 0 Å². The second-order valence-electron chi connectivity index (χ2n) is 7.01. The average Bonchev–Trinajstić information content (AvgIpc) is 2.67. The normalized spacial score (nSPS) is 12.9. The maximum atomic E-state index is 13.0. The van der Waals surface area contributed by atoms with Gasteiger partial charge in [-0.3, -0.25) is 0 Å². The lowest BCUT2D eigenvalue weighted by atomic mass is 9.96. The molecule has 152 valence electrons. The molecule has 0 aliphatic rings. The highest BCUT2D eigenvalue weighted by Gasteiger charge is 2.30. The first-order valence-electron chi connectivity index (χ1n) is 9.15. The van der Waals surface area contributed by atoms with Crippen LogP contribution in [0, 0.1) is 0 Å². The van der Waals surface area contributed by atoms with Crippen LogP contribution in [0.25, 0.3) is 0 Å². The third-order valence-electron chi connectivity index (χ3n) is 4.65. The van der Waals surface area contributed by atoms with Gasteiger partial charge in [0.05, 0.1) is 11.6 Å². The molecule has 0 aliphatic carbocycles. The van der Waals surface area contributed by atoms with Gasteiger partial charge in [0.2, 0.25) is 0 Å².